The van der Waals surface area contributed by atoms with Crippen LogP contribution in [0.4, 0.5) is 13.2 Å². The highest BCUT2D eigenvalue weighted by atomic mass is 35.5. The Kier molecular flexibility index (Phi) is 7.15. The van der Waals surface area contributed by atoms with Gasteiger partial charge in [0.25, 0.3) is 0 Å². The highest BCUT2D eigenvalue weighted by Crippen LogP contribution is 2.35. The summed E-state index contributed by atoms with van der Waals surface area (Å²) in [6.07, 6.45) is -2.08. The molecule has 23 heavy (non-hydrogen) atoms. The molecule has 1 saturated heterocycles. The number of hydrogen-bond acceptors (Lipinski definition) is 3. The monoisotopic (exact) mass is 392 g/mol. The van der Waals surface area contributed by atoms with Crippen molar-refractivity contribution < 1.29 is 21.6 Å². The zero-order valence-corrected chi connectivity index (χ0v) is 14.4. The Bertz CT molecular complexity index is 633. The molecule has 2 N–H and O–H groups in total. The summed E-state index contributed by atoms with van der Waals surface area (Å²) in [5.41, 5.74) is -1.16. The zero-order chi connectivity index (χ0) is 16.4. The molecule has 10 heteroatoms. The van der Waals surface area contributed by atoms with Gasteiger partial charge in [-0.05, 0) is 44.0 Å². The van der Waals surface area contributed by atoms with E-state index in [1.165, 1.54) is 0 Å². The van der Waals surface area contributed by atoms with Crippen LogP contribution in [0.15, 0.2) is 23.1 Å². The molecule has 0 radical (unpaired) electrons. The number of alkyl halides is 3. The van der Waals surface area contributed by atoms with Crippen LogP contribution in [0.2, 0.25) is 5.02 Å². The predicted molar refractivity (Wildman–Crippen MR) is 84.5 cm³/mol. The molecule has 1 aromatic carbocycles. The molecule has 1 fully saturated rings. The van der Waals surface area contributed by atoms with Gasteiger partial charge in [-0.25, -0.2) is 13.1 Å². The van der Waals surface area contributed by atoms with Gasteiger partial charge in [-0.15, -0.1) is 12.4 Å². The van der Waals surface area contributed by atoms with Gasteiger partial charge in [-0.3, -0.25) is 0 Å². The van der Waals surface area contributed by atoms with Crippen molar-refractivity contribution in [2.45, 2.75) is 36.4 Å². The van der Waals surface area contributed by atoms with Crippen molar-refractivity contribution in [2.75, 3.05) is 13.1 Å². The molecule has 4 nitrogen and oxygen atoms in total. The Labute approximate surface area is 144 Å². The molecule has 0 spiro atoms. The molecular weight excluding hydrogens is 376 g/mol. The Balaban J connectivity index is 0.00000264. The lowest BCUT2D eigenvalue weighted by atomic mass is 10.2. The van der Waals surface area contributed by atoms with Crippen molar-refractivity contribution in [3.63, 3.8) is 0 Å². The number of sulfonamides is 1. The van der Waals surface area contributed by atoms with Crippen LogP contribution >= 0.6 is 24.0 Å². The Hall–Kier alpha value is -0.540. The van der Waals surface area contributed by atoms with Gasteiger partial charge in [-0.1, -0.05) is 11.6 Å². The number of hydrogen-bond donors (Lipinski definition) is 2. The minimum Gasteiger partial charge on any atom is -0.314 e. The van der Waals surface area contributed by atoms with Gasteiger partial charge in [0.1, 0.15) is 0 Å². The van der Waals surface area contributed by atoms with Crippen LogP contribution in [0.3, 0.4) is 0 Å². The third-order valence-electron chi connectivity index (χ3n) is 3.50. The fourth-order valence-electron chi connectivity index (χ4n) is 2.34. The van der Waals surface area contributed by atoms with Crippen molar-refractivity contribution in [1.29, 1.82) is 0 Å². The normalized spacial score (nSPS) is 18.7. The topological polar surface area (TPSA) is 58.2 Å². The molecule has 1 aliphatic rings. The maximum Gasteiger partial charge on any atom is 0.417 e. The lowest BCUT2D eigenvalue weighted by Gasteiger charge is -2.13. The Morgan fingerprint density at radius 2 is 2.04 bits per heavy atom. The van der Waals surface area contributed by atoms with Gasteiger partial charge in [0.15, 0.2) is 0 Å². The minimum atomic E-state index is -4.70. The van der Waals surface area contributed by atoms with Gasteiger partial charge in [0.2, 0.25) is 10.0 Å². The van der Waals surface area contributed by atoms with E-state index in [1.807, 2.05) is 0 Å². The molecule has 0 bridgehead atoms. The Morgan fingerprint density at radius 3 is 2.61 bits per heavy atom. The van der Waals surface area contributed by atoms with E-state index in [2.05, 4.69) is 10.0 Å². The molecule has 1 heterocycles. The van der Waals surface area contributed by atoms with Gasteiger partial charge < -0.3 is 5.32 Å². The minimum absolute atomic E-state index is 0. The summed E-state index contributed by atoms with van der Waals surface area (Å²) in [5, 5.41) is 2.69. The Morgan fingerprint density at radius 1 is 1.35 bits per heavy atom. The van der Waals surface area contributed by atoms with E-state index in [9.17, 15) is 21.6 Å². The predicted octanol–water partition coefficient (Wildman–Crippen LogP) is 3.20. The molecule has 0 aliphatic carbocycles. The fourth-order valence-corrected chi connectivity index (χ4v) is 3.64. The van der Waals surface area contributed by atoms with Gasteiger partial charge in [-0.2, -0.15) is 13.2 Å². The first-order valence-corrected chi connectivity index (χ1v) is 8.66. The van der Waals surface area contributed by atoms with Crippen LogP contribution in [0.1, 0.15) is 24.8 Å². The maximum atomic E-state index is 12.8. The van der Waals surface area contributed by atoms with Crippen molar-refractivity contribution in [2.24, 2.45) is 0 Å². The van der Waals surface area contributed by atoms with Crippen molar-refractivity contribution in [3.8, 4) is 0 Å². The second kappa shape index (κ2) is 8.02. The summed E-state index contributed by atoms with van der Waals surface area (Å²) in [6, 6.07) is 2.81. The average molecular weight is 393 g/mol. The molecule has 1 aromatic rings. The highest BCUT2D eigenvalue weighted by Gasteiger charge is 2.34. The third kappa shape index (κ3) is 5.49. The second-order valence-electron chi connectivity index (χ2n) is 5.12. The van der Waals surface area contributed by atoms with Crippen molar-refractivity contribution in [1.82, 2.24) is 10.0 Å². The zero-order valence-electron chi connectivity index (χ0n) is 12.0. The van der Waals surface area contributed by atoms with E-state index < -0.39 is 31.7 Å². The van der Waals surface area contributed by atoms with E-state index in [0.29, 0.717) is 12.5 Å². The largest absolute Gasteiger partial charge is 0.417 e. The molecule has 0 unspecified atom stereocenters. The van der Waals surface area contributed by atoms with Crippen LogP contribution in [0.25, 0.3) is 0 Å². The van der Waals surface area contributed by atoms with Crippen LogP contribution in [0, 0.1) is 0 Å². The first-order chi connectivity index (χ1) is 10.2. The summed E-state index contributed by atoms with van der Waals surface area (Å²) < 4.78 is 64.7. The number of rotatable bonds is 5. The lowest BCUT2D eigenvalue weighted by molar-refractivity contribution is -0.137. The first-order valence-electron chi connectivity index (χ1n) is 6.80. The number of halogens is 5. The standard InChI is InChI=1S/C13H16ClF3N2O2S.ClH/c14-12-4-3-10(8-11(12)13(15,16)17)22(20,21)19-7-5-9-2-1-6-18-9;/h3-4,8-9,18-19H,1-2,5-7H2;1H/t9-;/m1./s1. The number of benzene rings is 1. The maximum absolute atomic E-state index is 12.8. The molecule has 0 amide bonds. The van der Waals surface area contributed by atoms with Crippen LogP contribution < -0.4 is 10.0 Å². The van der Waals surface area contributed by atoms with Crippen LogP contribution in [-0.4, -0.2) is 27.5 Å². The number of nitrogens with one attached hydrogen (secondary N) is 2. The highest BCUT2D eigenvalue weighted by molar-refractivity contribution is 7.89. The molecule has 1 aliphatic heterocycles. The summed E-state index contributed by atoms with van der Waals surface area (Å²) in [5.74, 6) is 0. The molecule has 2 rings (SSSR count). The van der Waals surface area contributed by atoms with Crippen molar-refractivity contribution >= 4 is 34.0 Å². The quantitative estimate of drug-likeness (QED) is 0.808. The van der Waals surface area contributed by atoms with Gasteiger partial charge in [0.05, 0.1) is 15.5 Å². The lowest BCUT2D eigenvalue weighted by Crippen LogP contribution is -2.30. The smallest absolute Gasteiger partial charge is 0.314 e. The van der Waals surface area contributed by atoms with Crippen molar-refractivity contribution in [3.05, 3.63) is 28.8 Å². The van der Waals surface area contributed by atoms with Gasteiger partial charge >= 0.3 is 6.18 Å². The molecule has 0 aromatic heterocycles. The van der Waals surface area contributed by atoms with Gasteiger partial charge in [0, 0.05) is 12.6 Å². The summed E-state index contributed by atoms with van der Waals surface area (Å²) >= 11 is 5.48. The molecule has 1 atom stereocenters. The third-order valence-corrected chi connectivity index (χ3v) is 5.29. The summed E-state index contributed by atoms with van der Waals surface area (Å²) in [7, 11) is -3.99. The fraction of sp³-hybridized carbons (Fsp3) is 0.538. The molecule has 0 saturated carbocycles. The van der Waals surface area contributed by atoms with E-state index in [0.717, 1.165) is 31.5 Å². The summed E-state index contributed by atoms with van der Waals surface area (Å²) in [6.45, 7) is 1.08. The summed E-state index contributed by atoms with van der Waals surface area (Å²) in [4.78, 5) is -0.441. The van der Waals surface area contributed by atoms with E-state index in [-0.39, 0.29) is 25.0 Å². The van der Waals surface area contributed by atoms with E-state index in [1.54, 1.807) is 0 Å². The van der Waals surface area contributed by atoms with Crippen LogP contribution in [-0.2, 0) is 16.2 Å². The average Bonchev–Trinajstić information content (AvgIpc) is 2.90. The van der Waals surface area contributed by atoms with E-state index in [4.69, 9.17) is 11.6 Å². The first kappa shape index (κ1) is 20.5. The van der Waals surface area contributed by atoms with Crippen LogP contribution in [0.5, 0.6) is 0 Å². The molecular formula is C13H17Cl2F3N2O2S. The SMILES string of the molecule is Cl.O=S(=O)(NCC[C@H]1CCCN1)c1ccc(Cl)c(C(F)(F)F)c1. The van der Waals surface area contributed by atoms with E-state index >= 15 is 0 Å². The molecule has 132 valence electrons. The second-order valence-corrected chi connectivity index (χ2v) is 7.29.